The highest BCUT2D eigenvalue weighted by molar-refractivity contribution is 4.80. The Hall–Kier alpha value is -0.0800. The molecule has 0 aromatic heterocycles. The fourth-order valence-electron chi connectivity index (χ4n) is 2.99. The highest BCUT2D eigenvalue weighted by Gasteiger charge is 2.29. The smallest absolute Gasteiger partial charge is 0.0497 e. The first-order chi connectivity index (χ1) is 7.81. The van der Waals surface area contributed by atoms with Crippen molar-refractivity contribution in [1.29, 1.82) is 0 Å². The van der Waals surface area contributed by atoms with Gasteiger partial charge in [0.05, 0.1) is 0 Å². The summed E-state index contributed by atoms with van der Waals surface area (Å²) in [6.07, 6.45) is 7.89. The second kappa shape index (κ2) is 8.08. The minimum absolute atomic E-state index is 0.713. The molecule has 0 amide bonds. The second-order valence-electron chi connectivity index (χ2n) is 5.30. The Morgan fingerprint density at radius 1 is 1.12 bits per heavy atom. The van der Waals surface area contributed by atoms with Gasteiger partial charge in [0.15, 0.2) is 0 Å². The molecule has 0 radical (unpaired) electrons. The first kappa shape index (κ1) is 14.0. The summed E-state index contributed by atoms with van der Waals surface area (Å²) in [6.45, 7) is 7.15. The van der Waals surface area contributed by atoms with Crippen LogP contribution in [0.15, 0.2) is 0 Å². The minimum atomic E-state index is 0.713. The van der Waals surface area contributed by atoms with E-state index >= 15 is 0 Å². The molecule has 1 saturated carbocycles. The topological polar surface area (TPSA) is 35.2 Å². The molecule has 1 aliphatic carbocycles. The van der Waals surface area contributed by atoms with Gasteiger partial charge >= 0.3 is 0 Å². The van der Waals surface area contributed by atoms with Crippen molar-refractivity contribution in [2.24, 2.45) is 23.5 Å². The highest BCUT2D eigenvalue weighted by Crippen LogP contribution is 2.35. The molecule has 3 unspecified atom stereocenters. The lowest BCUT2D eigenvalue weighted by Gasteiger charge is -2.35. The largest absolute Gasteiger partial charge is 0.381 e. The van der Waals surface area contributed by atoms with Crippen molar-refractivity contribution in [1.82, 2.24) is 0 Å². The molecule has 0 aliphatic heterocycles. The van der Waals surface area contributed by atoms with E-state index in [9.17, 15) is 0 Å². The summed E-state index contributed by atoms with van der Waals surface area (Å²) in [5.74, 6) is 2.37. The molecule has 0 bridgehead atoms. The van der Waals surface area contributed by atoms with Crippen LogP contribution in [0.5, 0.6) is 0 Å². The normalized spacial score (nSPS) is 30.6. The summed E-state index contributed by atoms with van der Waals surface area (Å²) in [5, 5.41) is 0. The van der Waals surface area contributed by atoms with Gasteiger partial charge < -0.3 is 10.5 Å². The lowest BCUT2D eigenvalue weighted by atomic mass is 9.73. The number of hydrogen-bond donors (Lipinski definition) is 1. The minimum Gasteiger partial charge on any atom is -0.381 e. The zero-order valence-corrected chi connectivity index (χ0v) is 11.1. The summed E-state index contributed by atoms with van der Waals surface area (Å²) in [7, 11) is 0. The third-order valence-electron chi connectivity index (χ3n) is 3.93. The van der Waals surface area contributed by atoms with E-state index in [1.54, 1.807) is 0 Å². The van der Waals surface area contributed by atoms with Gasteiger partial charge in [-0.05, 0) is 43.6 Å². The SMILES string of the molecule is CCCOCC1CC(CCC)CCC1CN. The summed E-state index contributed by atoms with van der Waals surface area (Å²) < 4.78 is 5.73. The molecule has 2 N–H and O–H groups in total. The van der Waals surface area contributed by atoms with Crippen LogP contribution in [0.25, 0.3) is 0 Å². The molecular weight excluding hydrogens is 198 g/mol. The molecule has 0 heterocycles. The van der Waals surface area contributed by atoms with E-state index in [0.29, 0.717) is 5.92 Å². The zero-order valence-electron chi connectivity index (χ0n) is 11.1. The summed E-state index contributed by atoms with van der Waals surface area (Å²) in [6, 6.07) is 0. The molecule has 0 aromatic carbocycles. The molecule has 16 heavy (non-hydrogen) atoms. The lowest BCUT2D eigenvalue weighted by Crippen LogP contribution is -2.33. The molecule has 0 saturated heterocycles. The zero-order chi connectivity index (χ0) is 11.8. The van der Waals surface area contributed by atoms with Crippen molar-refractivity contribution in [3.63, 3.8) is 0 Å². The average Bonchev–Trinajstić information content (AvgIpc) is 2.30. The van der Waals surface area contributed by atoms with E-state index < -0.39 is 0 Å². The van der Waals surface area contributed by atoms with E-state index in [1.165, 1.54) is 32.1 Å². The van der Waals surface area contributed by atoms with E-state index in [4.69, 9.17) is 10.5 Å². The Kier molecular flexibility index (Phi) is 7.06. The molecule has 1 rings (SSSR count). The predicted molar refractivity (Wildman–Crippen MR) is 69.4 cm³/mol. The van der Waals surface area contributed by atoms with Crippen LogP contribution in [0, 0.1) is 17.8 Å². The van der Waals surface area contributed by atoms with Gasteiger partial charge in [0.2, 0.25) is 0 Å². The quantitative estimate of drug-likeness (QED) is 0.678. The van der Waals surface area contributed by atoms with E-state index in [0.717, 1.165) is 38.0 Å². The van der Waals surface area contributed by atoms with Crippen LogP contribution in [0.2, 0.25) is 0 Å². The summed E-state index contributed by atoms with van der Waals surface area (Å²) >= 11 is 0. The number of nitrogens with two attached hydrogens (primary N) is 1. The predicted octanol–water partition coefficient (Wildman–Crippen LogP) is 3.20. The van der Waals surface area contributed by atoms with Gasteiger partial charge in [-0.1, -0.05) is 33.1 Å². The van der Waals surface area contributed by atoms with Gasteiger partial charge in [-0.15, -0.1) is 0 Å². The van der Waals surface area contributed by atoms with Crippen molar-refractivity contribution in [2.45, 2.75) is 52.4 Å². The maximum absolute atomic E-state index is 5.86. The second-order valence-corrected chi connectivity index (χ2v) is 5.30. The molecular formula is C14H29NO. The Bertz CT molecular complexity index is 172. The summed E-state index contributed by atoms with van der Waals surface area (Å²) in [5.41, 5.74) is 5.86. The molecule has 96 valence electrons. The van der Waals surface area contributed by atoms with E-state index in [-0.39, 0.29) is 0 Å². The maximum Gasteiger partial charge on any atom is 0.0497 e. The average molecular weight is 227 g/mol. The van der Waals surface area contributed by atoms with Crippen molar-refractivity contribution in [2.75, 3.05) is 19.8 Å². The van der Waals surface area contributed by atoms with Gasteiger partial charge in [-0.2, -0.15) is 0 Å². The maximum atomic E-state index is 5.86. The van der Waals surface area contributed by atoms with Crippen molar-refractivity contribution < 1.29 is 4.74 Å². The number of hydrogen-bond acceptors (Lipinski definition) is 2. The third kappa shape index (κ3) is 4.42. The highest BCUT2D eigenvalue weighted by atomic mass is 16.5. The number of ether oxygens (including phenoxy) is 1. The fraction of sp³-hybridized carbons (Fsp3) is 1.00. The molecule has 0 aromatic rings. The van der Waals surface area contributed by atoms with E-state index in [2.05, 4.69) is 13.8 Å². The van der Waals surface area contributed by atoms with Crippen molar-refractivity contribution in [3.8, 4) is 0 Å². The Labute approximate surface area is 101 Å². The Morgan fingerprint density at radius 2 is 1.94 bits per heavy atom. The van der Waals surface area contributed by atoms with Crippen LogP contribution in [0.1, 0.15) is 52.4 Å². The van der Waals surface area contributed by atoms with Gasteiger partial charge in [0, 0.05) is 13.2 Å². The first-order valence-corrected chi connectivity index (χ1v) is 7.09. The summed E-state index contributed by atoms with van der Waals surface area (Å²) in [4.78, 5) is 0. The molecule has 0 spiro atoms. The van der Waals surface area contributed by atoms with E-state index in [1.807, 2.05) is 0 Å². The van der Waals surface area contributed by atoms with Crippen LogP contribution in [0.4, 0.5) is 0 Å². The molecule has 3 atom stereocenters. The van der Waals surface area contributed by atoms with Crippen LogP contribution in [-0.2, 0) is 4.74 Å². The van der Waals surface area contributed by atoms with Gasteiger partial charge in [0.1, 0.15) is 0 Å². The van der Waals surface area contributed by atoms with Crippen LogP contribution < -0.4 is 5.73 Å². The van der Waals surface area contributed by atoms with Crippen LogP contribution in [-0.4, -0.2) is 19.8 Å². The lowest BCUT2D eigenvalue weighted by molar-refractivity contribution is 0.0459. The van der Waals surface area contributed by atoms with Gasteiger partial charge in [0.25, 0.3) is 0 Å². The molecule has 2 nitrogen and oxygen atoms in total. The fourth-order valence-corrected chi connectivity index (χ4v) is 2.99. The molecule has 2 heteroatoms. The molecule has 1 aliphatic rings. The molecule has 1 fully saturated rings. The Morgan fingerprint density at radius 3 is 2.56 bits per heavy atom. The Balaban J connectivity index is 2.34. The number of rotatable bonds is 7. The third-order valence-corrected chi connectivity index (χ3v) is 3.93. The van der Waals surface area contributed by atoms with Crippen molar-refractivity contribution >= 4 is 0 Å². The van der Waals surface area contributed by atoms with Gasteiger partial charge in [-0.3, -0.25) is 0 Å². The van der Waals surface area contributed by atoms with Crippen LogP contribution >= 0.6 is 0 Å². The first-order valence-electron chi connectivity index (χ1n) is 7.09. The van der Waals surface area contributed by atoms with Crippen LogP contribution in [0.3, 0.4) is 0 Å². The van der Waals surface area contributed by atoms with Crippen molar-refractivity contribution in [3.05, 3.63) is 0 Å². The standard InChI is InChI=1S/C14H29NO/c1-3-5-12-6-7-13(10-15)14(9-12)11-16-8-4-2/h12-14H,3-11,15H2,1-2H3. The van der Waals surface area contributed by atoms with Gasteiger partial charge in [-0.25, -0.2) is 0 Å². The monoisotopic (exact) mass is 227 g/mol.